The SMILES string of the molecule is CP(=O)(CN)OCc1ccccc1.Cl. The van der Waals surface area contributed by atoms with Crippen molar-refractivity contribution in [2.75, 3.05) is 13.0 Å². The van der Waals surface area contributed by atoms with E-state index in [1.807, 2.05) is 30.3 Å². The van der Waals surface area contributed by atoms with Crippen molar-refractivity contribution >= 4 is 19.8 Å². The van der Waals surface area contributed by atoms with Crippen LogP contribution in [0, 0.1) is 0 Å². The summed E-state index contributed by atoms with van der Waals surface area (Å²) in [6.45, 7) is 1.92. The molecular formula is C9H15ClNO2P. The highest BCUT2D eigenvalue weighted by Gasteiger charge is 2.12. The van der Waals surface area contributed by atoms with Gasteiger partial charge in [0.1, 0.15) is 0 Å². The van der Waals surface area contributed by atoms with Crippen LogP contribution in [0.3, 0.4) is 0 Å². The molecule has 14 heavy (non-hydrogen) atoms. The Labute approximate surface area is 90.5 Å². The van der Waals surface area contributed by atoms with Crippen LogP contribution in [-0.4, -0.2) is 13.0 Å². The van der Waals surface area contributed by atoms with Gasteiger partial charge in [0.15, 0.2) is 0 Å². The molecule has 0 spiro atoms. The van der Waals surface area contributed by atoms with Crippen LogP contribution in [0.4, 0.5) is 0 Å². The summed E-state index contributed by atoms with van der Waals surface area (Å²) in [5.74, 6) is 0. The zero-order chi connectivity index (χ0) is 9.73. The Morgan fingerprint density at radius 3 is 2.43 bits per heavy atom. The largest absolute Gasteiger partial charge is 0.323 e. The van der Waals surface area contributed by atoms with Crippen molar-refractivity contribution in [3.05, 3.63) is 35.9 Å². The monoisotopic (exact) mass is 235 g/mol. The first-order valence-electron chi connectivity index (χ1n) is 4.09. The smallest absolute Gasteiger partial charge is 0.213 e. The third-order valence-electron chi connectivity index (χ3n) is 1.68. The van der Waals surface area contributed by atoms with Crippen LogP contribution in [0.1, 0.15) is 5.56 Å². The number of benzene rings is 1. The molecule has 1 unspecified atom stereocenters. The number of halogens is 1. The molecule has 0 heterocycles. The second kappa shape index (κ2) is 6.20. The van der Waals surface area contributed by atoms with Gasteiger partial charge in [-0.3, -0.25) is 4.57 Å². The van der Waals surface area contributed by atoms with Gasteiger partial charge in [0, 0.05) is 6.66 Å². The molecule has 3 nitrogen and oxygen atoms in total. The molecule has 0 aliphatic rings. The van der Waals surface area contributed by atoms with Gasteiger partial charge in [0.2, 0.25) is 7.37 Å². The molecule has 0 bridgehead atoms. The average molecular weight is 236 g/mol. The van der Waals surface area contributed by atoms with E-state index in [0.29, 0.717) is 6.61 Å². The molecule has 0 saturated heterocycles. The molecule has 1 rings (SSSR count). The third kappa shape index (κ3) is 4.77. The Kier molecular flexibility index (Phi) is 6.05. The second-order valence-corrected chi connectivity index (χ2v) is 5.61. The van der Waals surface area contributed by atoms with E-state index < -0.39 is 7.37 Å². The van der Waals surface area contributed by atoms with Gasteiger partial charge >= 0.3 is 0 Å². The summed E-state index contributed by atoms with van der Waals surface area (Å²) in [5, 5.41) is 0. The van der Waals surface area contributed by atoms with Gasteiger partial charge < -0.3 is 10.3 Å². The second-order valence-electron chi connectivity index (χ2n) is 2.96. The van der Waals surface area contributed by atoms with Crippen LogP contribution in [0.25, 0.3) is 0 Å². The molecule has 1 aromatic carbocycles. The highest BCUT2D eigenvalue weighted by atomic mass is 35.5. The molecule has 0 aliphatic heterocycles. The fourth-order valence-corrected chi connectivity index (χ4v) is 1.37. The standard InChI is InChI=1S/C9H14NO2P.ClH/c1-13(11,8-10)12-7-9-5-3-2-4-6-9;/h2-6H,7-8,10H2,1H3;1H. The van der Waals surface area contributed by atoms with Gasteiger partial charge in [0.05, 0.1) is 12.9 Å². The van der Waals surface area contributed by atoms with E-state index >= 15 is 0 Å². The summed E-state index contributed by atoms with van der Waals surface area (Å²) in [7, 11) is -2.56. The van der Waals surface area contributed by atoms with E-state index in [1.54, 1.807) is 6.66 Å². The van der Waals surface area contributed by atoms with Gasteiger partial charge in [0.25, 0.3) is 0 Å². The Morgan fingerprint density at radius 2 is 1.93 bits per heavy atom. The summed E-state index contributed by atoms with van der Waals surface area (Å²) < 4.78 is 16.6. The van der Waals surface area contributed by atoms with E-state index in [2.05, 4.69) is 0 Å². The molecule has 0 fully saturated rings. The summed E-state index contributed by atoms with van der Waals surface area (Å²) >= 11 is 0. The first kappa shape index (κ1) is 13.7. The van der Waals surface area contributed by atoms with Gasteiger partial charge in [-0.1, -0.05) is 30.3 Å². The zero-order valence-electron chi connectivity index (χ0n) is 8.05. The predicted molar refractivity (Wildman–Crippen MR) is 61.1 cm³/mol. The maximum absolute atomic E-state index is 11.4. The van der Waals surface area contributed by atoms with E-state index in [1.165, 1.54) is 0 Å². The van der Waals surface area contributed by atoms with Crippen LogP contribution in [0.5, 0.6) is 0 Å². The molecule has 0 aromatic heterocycles. The normalized spacial score (nSPS) is 14.1. The Balaban J connectivity index is 0.00000169. The van der Waals surface area contributed by atoms with Crippen LogP contribution in [0.2, 0.25) is 0 Å². The summed E-state index contributed by atoms with van der Waals surface area (Å²) in [6, 6.07) is 9.62. The fourth-order valence-electron chi connectivity index (χ4n) is 0.838. The Morgan fingerprint density at radius 1 is 1.36 bits per heavy atom. The minimum atomic E-state index is -2.56. The van der Waals surface area contributed by atoms with Crippen LogP contribution >= 0.6 is 19.8 Å². The van der Waals surface area contributed by atoms with E-state index in [4.69, 9.17) is 10.3 Å². The Hall–Kier alpha value is -0.340. The van der Waals surface area contributed by atoms with Crippen molar-refractivity contribution in [2.24, 2.45) is 5.73 Å². The predicted octanol–water partition coefficient (Wildman–Crippen LogP) is 2.45. The molecule has 1 atom stereocenters. The van der Waals surface area contributed by atoms with E-state index in [0.717, 1.165) is 5.56 Å². The van der Waals surface area contributed by atoms with Crippen molar-refractivity contribution in [1.29, 1.82) is 0 Å². The minimum Gasteiger partial charge on any atom is -0.323 e. The van der Waals surface area contributed by atoms with Gasteiger partial charge in [-0.2, -0.15) is 0 Å². The molecule has 80 valence electrons. The lowest BCUT2D eigenvalue weighted by Gasteiger charge is -2.10. The van der Waals surface area contributed by atoms with Gasteiger partial charge in [-0.25, -0.2) is 0 Å². The van der Waals surface area contributed by atoms with Gasteiger partial charge in [-0.05, 0) is 5.56 Å². The third-order valence-corrected chi connectivity index (χ3v) is 3.02. The molecule has 0 saturated carbocycles. The summed E-state index contributed by atoms with van der Waals surface area (Å²) in [5.41, 5.74) is 6.29. The lowest BCUT2D eigenvalue weighted by molar-refractivity contribution is 0.306. The number of hydrogen-bond acceptors (Lipinski definition) is 3. The fraction of sp³-hybridized carbons (Fsp3) is 0.333. The number of rotatable bonds is 4. The van der Waals surface area contributed by atoms with Crippen LogP contribution < -0.4 is 5.73 Å². The van der Waals surface area contributed by atoms with Crippen LogP contribution in [-0.2, 0) is 15.7 Å². The lowest BCUT2D eigenvalue weighted by atomic mass is 10.2. The highest BCUT2D eigenvalue weighted by Crippen LogP contribution is 2.40. The molecular weight excluding hydrogens is 221 g/mol. The van der Waals surface area contributed by atoms with Crippen molar-refractivity contribution in [3.8, 4) is 0 Å². The van der Waals surface area contributed by atoms with E-state index in [9.17, 15) is 4.57 Å². The number of hydrogen-bond donors (Lipinski definition) is 1. The molecule has 1 aromatic rings. The molecule has 0 radical (unpaired) electrons. The minimum absolute atomic E-state index is 0. The molecule has 5 heteroatoms. The Bertz CT molecular complexity index is 305. The summed E-state index contributed by atoms with van der Waals surface area (Å²) in [6.07, 6.45) is 0.0971. The highest BCUT2D eigenvalue weighted by molar-refractivity contribution is 7.58. The van der Waals surface area contributed by atoms with Crippen molar-refractivity contribution in [1.82, 2.24) is 0 Å². The maximum Gasteiger partial charge on any atom is 0.213 e. The molecule has 2 N–H and O–H groups in total. The number of nitrogens with two attached hydrogens (primary N) is 1. The lowest BCUT2D eigenvalue weighted by Crippen LogP contribution is -2.02. The average Bonchev–Trinajstić information content (AvgIpc) is 2.17. The molecule has 0 aliphatic carbocycles. The van der Waals surface area contributed by atoms with E-state index in [-0.39, 0.29) is 18.7 Å². The van der Waals surface area contributed by atoms with Crippen molar-refractivity contribution in [3.63, 3.8) is 0 Å². The van der Waals surface area contributed by atoms with Gasteiger partial charge in [-0.15, -0.1) is 12.4 Å². The first-order valence-corrected chi connectivity index (χ1v) is 6.35. The van der Waals surface area contributed by atoms with Crippen molar-refractivity contribution in [2.45, 2.75) is 6.61 Å². The van der Waals surface area contributed by atoms with Crippen LogP contribution in [0.15, 0.2) is 30.3 Å². The maximum atomic E-state index is 11.4. The first-order chi connectivity index (χ1) is 6.14. The molecule has 0 amide bonds. The zero-order valence-corrected chi connectivity index (χ0v) is 9.76. The topological polar surface area (TPSA) is 52.3 Å². The summed E-state index contributed by atoms with van der Waals surface area (Å²) in [4.78, 5) is 0. The van der Waals surface area contributed by atoms with Crippen molar-refractivity contribution < 1.29 is 9.09 Å². The quantitative estimate of drug-likeness (QED) is 0.816.